The summed E-state index contributed by atoms with van der Waals surface area (Å²) < 4.78 is 10.6. The Morgan fingerprint density at radius 2 is 1.14 bits per heavy atom. The second kappa shape index (κ2) is 12.7. The number of carbonyl (C=O) groups excluding carboxylic acids is 2. The molecule has 124 valence electrons. The van der Waals surface area contributed by atoms with Gasteiger partial charge in [0.25, 0.3) is 0 Å². The fraction of sp³-hybridized carbons (Fsp3) is 0.882. The van der Waals surface area contributed by atoms with Crippen molar-refractivity contribution in [2.24, 2.45) is 0 Å². The van der Waals surface area contributed by atoms with Gasteiger partial charge < -0.3 is 9.47 Å². The van der Waals surface area contributed by atoms with Gasteiger partial charge in [-0.25, -0.2) is 0 Å². The van der Waals surface area contributed by atoms with Gasteiger partial charge in [0.15, 0.2) is 0 Å². The van der Waals surface area contributed by atoms with E-state index in [0.717, 1.165) is 44.9 Å². The van der Waals surface area contributed by atoms with Crippen LogP contribution in [0.25, 0.3) is 0 Å². The van der Waals surface area contributed by atoms with Gasteiger partial charge in [0.05, 0.1) is 12.2 Å². The summed E-state index contributed by atoms with van der Waals surface area (Å²) in [5, 5.41) is 0. The third kappa shape index (κ3) is 12.4. The second-order valence-corrected chi connectivity index (χ2v) is 5.74. The summed E-state index contributed by atoms with van der Waals surface area (Å²) in [6, 6.07) is 0. The molecule has 0 fully saturated rings. The molecule has 0 radical (unpaired) electrons. The highest BCUT2D eigenvalue weighted by Crippen LogP contribution is 2.12. The Bertz CT molecular complexity index is 261. The van der Waals surface area contributed by atoms with E-state index in [4.69, 9.17) is 9.47 Å². The zero-order valence-electron chi connectivity index (χ0n) is 14.2. The minimum atomic E-state index is -0.0959. The van der Waals surface area contributed by atoms with E-state index in [1.54, 1.807) is 0 Å². The molecule has 0 aliphatic rings. The van der Waals surface area contributed by atoms with E-state index in [2.05, 4.69) is 0 Å². The van der Waals surface area contributed by atoms with Crippen LogP contribution < -0.4 is 0 Å². The van der Waals surface area contributed by atoms with Crippen molar-refractivity contribution in [3.8, 4) is 0 Å². The molecule has 0 aliphatic heterocycles. The first-order valence-electron chi connectivity index (χ1n) is 8.38. The van der Waals surface area contributed by atoms with Crippen LogP contribution in [-0.2, 0) is 19.1 Å². The Morgan fingerprint density at radius 1 is 0.762 bits per heavy atom. The lowest BCUT2D eigenvalue weighted by atomic mass is 10.1. The quantitative estimate of drug-likeness (QED) is 0.396. The second-order valence-electron chi connectivity index (χ2n) is 5.74. The summed E-state index contributed by atoms with van der Waals surface area (Å²) in [5.74, 6) is -0.192. The zero-order chi connectivity index (χ0) is 16.1. The maximum Gasteiger partial charge on any atom is 0.306 e. The molecule has 2 atom stereocenters. The van der Waals surface area contributed by atoms with Crippen LogP contribution in [0.2, 0.25) is 0 Å². The van der Waals surface area contributed by atoms with Crippen molar-refractivity contribution in [2.75, 3.05) is 0 Å². The van der Waals surface area contributed by atoms with Gasteiger partial charge in [-0.05, 0) is 52.4 Å². The van der Waals surface area contributed by atoms with E-state index < -0.39 is 0 Å². The van der Waals surface area contributed by atoms with Crippen molar-refractivity contribution in [1.82, 2.24) is 0 Å². The lowest BCUT2D eigenvalue weighted by Gasteiger charge is -2.14. The average Bonchev–Trinajstić information content (AvgIpc) is 2.38. The summed E-state index contributed by atoms with van der Waals surface area (Å²) in [5.41, 5.74) is 0. The van der Waals surface area contributed by atoms with Gasteiger partial charge in [-0.1, -0.05) is 20.3 Å². The number of carbonyl (C=O) groups is 2. The highest BCUT2D eigenvalue weighted by molar-refractivity contribution is 5.69. The van der Waals surface area contributed by atoms with Crippen LogP contribution in [0.5, 0.6) is 0 Å². The molecule has 21 heavy (non-hydrogen) atoms. The zero-order valence-corrected chi connectivity index (χ0v) is 14.2. The molecule has 2 unspecified atom stereocenters. The third-order valence-corrected chi connectivity index (χ3v) is 3.29. The minimum absolute atomic E-state index is 0.00357. The third-order valence-electron chi connectivity index (χ3n) is 3.29. The van der Waals surface area contributed by atoms with Crippen molar-refractivity contribution >= 4 is 11.9 Å². The van der Waals surface area contributed by atoms with E-state index in [9.17, 15) is 9.59 Å². The monoisotopic (exact) mass is 300 g/mol. The normalized spacial score (nSPS) is 13.5. The standard InChI is InChI=1S/C17H32O4/c1-5-10-16(18)20-14(3)12-8-7-9-13-15(4)21-17(19)11-6-2/h14-15H,5-13H2,1-4H3. The van der Waals surface area contributed by atoms with Crippen LogP contribution in [0.4, 0.5) is 0 Å². The number of hydrogen-bond donors (Lipinski definition) is 0. The van der Waals surface area contributed by atoms with E-state index in [1.165, 1.54) is 0 Å². The maximum absolute atomic E-state index is 11.3. The van der Waals surface area contributed by atoms with Crippen molar-refractivity contribution < 1.29 is 19.1 Å². The molecule has 0 aliphatic carbocycles. The maximum atomic E-state index is 11.3. The summed E-state index contributed by atoms with van der Waals surface area (Å²) >= 11 is 0. The highest BCUT2D eigenvalue weighted by atomic mass is 16.5. The molecule has 0 spiro atoms. The molecule has 0 aromatic rings. The van der Waals surface area contributed by atoms with E-state index in [1.807, 2.05) is 27.7 Å². The van der Waals surface area contributed by atoms with Crippen molar-refractivity contribution in [3.05, 3.63) is 0 Å². The summed E-state index contributed by atoms with van der Waals surface area (Å²) in [7, 11) is 0. The van der Waals surface area contributed by atoms with Crippen LogP contribution in [-0.4, -0.2) is 24.1 Å². The van der Waals surface area contributed by atoms with Gasteiger partial charge in [0, 0.05) is 12.8 Å². The molecular formula is C17H32O4. The van der Waals surface area contributed by atoms with Crippen LogP contribution >= 0.6 is 0 Å². The molecule has 0 saturated carbocycles. The lowest BCUT2D eigenvalue weighted by Crippen LogP contribution is -2.15. The predicted octanol–water partition coefficient (Wildman–Crippen LogP) is 4.40. The molecule has 0 N–H and O–H groups in total. The molecule has 0 saturated heterocycles. The number of rotatable bonds is 12. The van der Waals surface area contributed by atoms with Gasteiger partial charge in [0.2, 0.25) is 0 Å². The van der Waals surface area contributed by atoms with Gasteiger partial charge in [0.1, 0.15) is 0 Å². The number of hydrogen-bond acceptors (Lipinski definition) is 4. The predicted molar refractivity (Wildman–Crippen MR) is 84.0 cm³/mol. The molecule has 0 bridgehead atoms. The lowest BCUT2D eigenvalue weighted by molar-refractivity contribution is -0.149. The molecule has 4 heteroatoms. The van der Waals surface area contributed by atoms with Crippen molar-refractivity contribution in [3.63, 3.8) is 0 Å². The van der Waals surface area contributed by atoms with E-state index >= 15 is 0 Å². The summed E-state index contributed by atoms with van der Waals surface area (Å²) in [6.07, 6.45) is 7.64. The van der Waals surface area contributed by atoms with Crippen LogP contribution in [0.1, 0.15) is 85.5 Å². The van der Waals surface area contributed by atoms with Gasteiger partial charge in [-0.15, -0.1) is 0 Å². The topological polar surface area (TPSA) is 52.6 Å². The SMILES string of the molecule is CCCC(=O)OC(C)CCCCCC(C)OC(=O)CCC. The van der Waals surface area contributed by atoms with E-state index in [0.29, 0.717) is 12.8 Å². The van der Waals surface area contributed by atoms with Crippen LogP contribution in [0, 0.1) is 0 Å². The first-order valence-corrected chi connectivity index (χ1v) is 8.38. The summed E-state index contributed by atoms with van der Waals surface area (Å²) in [6.45, 7) is 7.84. The molecule has 0 amide bonds. The Morgan fingerprint density at radius 3 is 1.48 bits per heavy atom. The average molecular weight is 300 g/mol. The Balaban J connectivity index is 3.54. The fourth-order valence-electron chi connectivity index (χ4n) is 2.13. The van der Waals surface area contributed by atoms with Crippen LogP contribution in [0.15, 0.2) is 0 Å². The van der Waals surface area contributed by atoms with Crippen molar-refractivity contribution in [2.45, 2.75) is 97.7 Å². The van der Waals surface area contributed by atoms with Crippen molar-refractivity contribution in [1.29, 1.82) is 0 Å². The molecular weight excluding hydrogens is 268 g/mol. The number of esters is 2. The molecule has 0 aromatic heterocycles. The number of ether oxygens (including phenoxy) is 2. The summed E-state index contributed by atoms with van der Waals surface area (Å²) in [4.78, 5) is 22.6. The molecule has 0 heterocycles. The fourth-order valence-corrected chi connectivity index (χ4v) is 2.13. The Hall–Kier alpha value is -1.06. The van der Waals surface area contributed by atoms with Crippen LogP contribution in [0.3, 0.4) is 0 Å². The number of unbranched alkanes of at least 4 members (excludes halogenated alkanes) is 2. The Kier molecular flexibility index (Phi) is 12.0. The Labute approximate surface area is 129 Å². The highest BCUT2D eigenvalue weighted by Gasteiger charge is 2.10. The first kappa shape index (κ1) is 19.9. The largest absolute Gasteiger partial charge is 0.463 e. The van der Waals surface area contributed by atoms with Gasteiger partial charge in [-0.3, -0.25) is 9.59 Å². The molecule has 0 rings (SSSR count). The molecule has 0 aromatic carbocycles. The minimum Gasteiger partial charge on any atom is -0.463 e. The first-order chi connectivity index (χ1) is 9.99. The molecule has 4 nitrogen and oxygen atoms in total. The van der Waals surface area contributed by atoms with Gasteiger partial charge >= 0.3 is 11.9 Å². The van der Waals surface area contributed by atoms with E-state index in [-0.39, 0.29) is 24.1 Å². The smallest absolute Gasteiger partial charge is 0.306 e. The van der Waals surface area contributed by atoms with Gasteiger partial charge in [-0.2, -0.15) is 0 Å².